The number of nitrogens with zero attached hydrogens (tertiary/aromatic N) is 1. The van der Waals surface area contributed by atoms with E-state index in [2.05, 4.69) is 5.32 Å². The van der Waals surface area contributed by atoms with Crippen molar-refractivity contribution in [3.05, 3.63) is 17.5 Å². The van der Waals surface area contributed by atoms with Crippen LogP contribution in [0.5, 0.6) is 0 Å². The maximum absolute atomic E-state index is 12.5. The summed E-state index contributed by atoms with van der Waals surface area (Å²) in [5.74, 6) is 0.116. The quantitative estimate of drug-likeness (QED) is 0.897. The fraction of sp³-hybridized carbons (Fsp3) is 0.643. The first kappa shape index (κ1) is 16.5. The summed E-state index contributed by atoms with van der Waals surface area (Å²) in [7, 11) is -3.44. The van der Waals surface area contributed by atoms with E-state index < -0.39 is 10.0 Å². The highest BCUT2D eigenvalue weighted by Crippen LogP contribution is 2.26. The maximum Gasteiger partial charge on any atom is 0.252 e. The maximum atomic E-state index is 12.5. The van der Waals surface area contributed by atoms with Crippen molar-refractivity contribution >= 4 is 27.3 Å². The molecular formula is C14H22N2O3S2. The van der Waals surface area contributed by atoms with Gasteiger partial charge in [0.25, 0.3) is 10.0 Å². The highest BCUT2D eigenvalue weighted by molar-refractivity contribution is 7.91. The molecule has 0 aliphatic carbocycles. The molecule has 1 N–H and O–H groups in total. The predicted molar refractivity (Wildman–Crippen MR) is 83.6 cm³/mol. The van der Waals surface area contributed by atoms with Crippen molar-refractivity contribution in [2.45, 2.75) is 30.9 Å². The molecule has 5 nitrogen and oxygen atoms in total. The van der Waals surface area contributed by atoms with Crippen LogP contribution in [0.3, 0.4) is 0 Å². The Bertz CT molecular complexity index is 567. The average Bonchev–Trinajstić information content (AvgIpc) is 2.99. The van der Waals surface area contributed by atoms with Gasteiger partial charge in [-0.1, -0.05) is 19.9 Å². The van der Waals surface area contributed by atoms with Crippen LogP contribution >= 0.6 is 11.3 Å². The van der Waals surface area contributed by atoms with E-state index in [0.717, 1.165) is 12.8 Å². The Morgan fingerprint density at radius 3 is 2.90 bits per heavy atom. The molecule has 118 valence electrons. The second kappa shape index (κ2) is 6.89. The van der Waals surface area contributed by atoms with Crippen molar-refractivity contribution in [2.24, 2.45) is 11.8 Å². The van der Waals surface area contributed by atoms with Crippen LogP contribution < -0.4 is 5.32 Å². The Kier molecular flexibility index (Phi) is 5.40. The Balaban J connectivity index is 2.02. The zero-order chi connectivity index (χ0) is 15.5. The third-order valence-corrected chi connectivity index (χ3v) is 6.77. The lowest BCUT2D eigenvalue weighted by atomic mass is 9.98. The van der Waals surface area contributed by atoms with E-state index in [1.54, 1.807) is 17.5 Å². The molecule has 1 unspecified atom stereocenters. The summed E-state index contributed by atoms with van der Waals surface area (Å²) < 4.78 is 26.8. The molecule has 0 saturated carbocycles. The number of thiophene rings is 1. The van der Waals surface area contributed by atoms with Gasteiger partial charge in [0, 0.05) is 19.6 Å². The van der Waals surface area contributed by atoms with Crippen molar-refractivity contribution < 1.29 is 13.2 Å². The van der Waals surface area contributed by atoms with Gasteiger partial charge in [-0.25, -0.2) is 8.42 Å². The molecule has 1 fully saturated rings. The topological polar surface area (TPSA) is 66.5 Å². The van der Waals surface area contributed by atoms with Gasteiger partial charge in [0.1, 0.15) is 4.21 Å². The zero-order valence-electron chi connectivity index (χ0n) is 12.4. The summed E-state index contributed by atoms with van der Waals surface area (Å²) >= 11 is 1.22. The Labute approximate surface area is 130 Å². The highest BCUT2D eigenvalue weighted by atomic mass is 32.2. The molecule has 0 aromatic carbocycles. The minimum absolute atomic E-state index is 0.0326. The number of hydrogen-bond acceptors (Lipinski definition) is 4. The Hall–Kier alpha value is -0.920. The van der Waals surface area contributed by atoms with E-state index in [1.807, 2.05) is 13.8 Å². The lowest BCUT2D eigenvalue weighted by Crippen LogP contribution is -2.45. The largest absolute Gasteiger partial charge is 0.356 e. The van der Waals surface area contributed by atoms with Crippen LogP contribution in [0.2, 0.25) is 0 Å². The SMILES string of the molecule is CC(C)CNC(=O)C1CCCN(S(=O)(=O)c2cccs2)C1. The van der Waals surface area contributed by atoms with Crippen LogP contribution in [0.1, 0.15) is 26.7 Å². The first-order valence-electron chi connectivity index (χ1n) is 7.22. The van der Waals surface area contributed by atoms with Gasteiger partial charge in [-0.05, 0) is 30.2 Å². The zero-order valence-corrected chi connectivity index (χ0v) is 14.0. The smallest absolute Gasteiger partial charge is 0.252 e. The summed E-state index contributed by atoms with van der Waals surface area (Å²) in [4.78, 5) is 12.1. The molecule has 1 saturated heterocycles. The highest BCUT2D eigenvalue weighted by Gasteiger charge is 2.33. The van der Waals surface area contributed by atoms with Crippen LogP contribution in [0.25, 0.3) is 0 Å². The summed E-state index contributed by atoms with van der Waals surface area (Å²) in [5.41, 5.74) is 0. The molecule has 0 spiro atoms. The molecule has 1 atom stereocenters. The molecule has 1 aromatic rings. The molecule has 1 aliphatic rings. The summed E-state index contributed by atoms with van der Waals surface area (Å²) in [6, 6.07) is 3.34. The van der Waals surface area contributed by atoms with Gasteiger partial charge in [-0.3, -0.25) is 4.79 Å². The summed E-state index contributed by atoms with van der Waals surface area (Å²) in [6.45, 7) is 5.48. The summed E-state index contributed by atoms with van der Waals surface area (Å²) in [5, 5.41) is 4.65. The van der Waals surface area contributed by atoms with Crippen LogP contribution in [0.15, 0.2) is 21.7 Å². The molecule has 1 aliphatic heterocycles. The number of hydrogen-bond donors (Lipinski definition) is 1. The number of piperidine rings is 1. The third-order valence-electron chi connectivity index (χ3n) is 3.53. The van der Waals surface area contributed by atoms with Gasteiger partial charge in [-0.2, -0.15) is 4.31 Å². The first-order valence-corrected chi connectivity index (χ1v) is 9.54. The van der Waals surface area contributed by atoms with Gasteiger partial charge >= 0.3 is 0 Å². The lowest BCUT2D eigenvalue weighted by Gasteiger charge is -2.30. The predicted octanol–water partition coefficient (Wildman–Crippen LogP) is 1.92. The van der Waals surface area contributed by atoms with Crippen LogP contribution in [-0.2, 0) is 14.8 Å². The summed E-state index contributed by atoms with van der Waals surface area (Å²) in [6.07, 6.45) is 1.48. The van der Waals surface area contributed by atoms with Crippen LogP contribution in [-0.4, -0.2) is 38.3 Å². The molecule has 1 amide bonds. The fourth-order valence-electron chi connectivity index (χ4n) is 2.36. The van der Waals surface area contributed by atoms with E-state index >= 15 is 0 Å². The molecule has 1 aromatic heterocycles. The van der Waals surface area contributed by atoms with E-state index in [4.69, 9.17) is 0 Å². The van der Waals surface area contributed by atoms with Gasteiger partial charge in [0.05, 0.1) is 5.92 Å². The number of nitrogens with one attached hydrogen (secondary N) is 1. The standard InChI is InChI=1S/C14H22N2O3S2/c1-11(2)9-15-14(17)12-5-3-7-16(10-12)21(18,19)13-6-4-8-20-13/h4,6,8,11-12H,3,5,7,9-10H2,1-2H3,(H,15,17). The van der Waals surface area contributed by atoms with Gasteiger partial charge in [-0.15, -0.1) is 11.3 Å². The number of amides is 1. The molecule has 2 heterocycles. The number of sulfonamides is 1. The lowest BCUT2D eigenvalue weighted by molar-refractivity contribution is -0.126. The number of carbonyl (C=O) groups is 1. The molecule has 21 heavy (non-hydrogen) atoms. The van der Waals surface area contributed by atoms with E-state index in [-0.39, 0.29) is 18.4 Å². The normalized spacial score (nSPS) is 20.6. The number of rotatable bonds is 5. The van der Waals surface area contributed by atoms with Crippen LogP contribution in [0.4, 0.5) is 0 Å². The molecule has 0 radical (unpaired) electrons. The van der Waals surface area contributed by atoms with Crippen molar-refractivity contribution in [3.8, 4) is 0 Å². The van der Waals surface area contributed by atoms with Crippen LogP contribution in [0, 0.1) is 11.8 Å². The van der Waals surface area contributed by atoms with Crippen molar-refractivity contribution in [1.82, 2.24) is 9.62 Å². The first-order chi connectivity index (χ1) is 9.91. The molecule has 7 heteroatoms. The van der Waals surface area contributed by atoms with Gasteiger partial charge < -0.3 is 5.32 Å². The molecule has 2 rings (SSSR count). The van der Waals surface area contributed by atoms with E-state index in [1.165, 1.54) is 15.6 Å². The van der Waals surface area contributed by atoms with Crippen molar-refractivity contribution in [3.63, 3.8) is 0 Å². The minimum Gasteiger partial charge on any atom is -0.356 e. The average molecular weight is 330 g/mol. The third kappa shape index (κ3) is 4.05. The monoisotopic (exact) mass is 330 g/mol. The Morgan fingerprint density at radius 1 is 1.52 bits per heavy atom. The molecular weight excluding hydrogens is 308 g/mol. The number of carbonyl (C=O) groups excluding carboxylic acids is 1. The Morgan fingerprint density at radius 2 is 2.29 bits per heavy atom. The second-order valence-electron chi connectivity index (χ2n) is 5.77. The minimum atomic E-state index is -3.44. The van der Waals surface area contributed by atoms with E-state index in [9.17, 15) is 13.2 Å². The fourth-order valence-corrected chi connectivity index (χ4v) is 5.03. The van der Waals surface area contributed by atoms with E-state index in [0.29, 0.717) is 23.2 Å². The van der Waals surface area contributed by atoms with Gasteiger partial charge in [0.15, 0.2) is 0 Å². The second-order valence-corrected chi connectivity index (χ2v) is 8.89. The van der Waals surface area contributed by atoms with Crippen molar-refractivity contribution in [1.29, 1.82) is 0 Å². The van der Waals surface area contributed by atoms with Crippen molar-refractivity contribution in [2.75, 3.05) is 19.6 Å². The molecule has 0 bridgehead atoms. The van der Waals surface area contributed by atoms with Gasteiger partial charge in [0.2, 0.25) is 5.91 Å².